The zero-order valence-corrected chi connectivity index (χ0v) is 9.95. The Labute approximate surface area is 96.0 Å². The van der Waals surface area contributed by atoms with Gasteiger partial charge in [-0.3, -0.25) is 9.59 Å². The molecule has 0 aliphatic rings. The average Bonchev–Trinajstić information content (AvgIpc) is 2.18. The number of ether oxygens (including phenoxy) is 1. The molecule has 0 aromatic heterocycles. The second-order valence-corrected chi connectivity index (χ2v) is 3.86. The number of carboxylic acids is 1. The van der Waals surface area contributed by atoms with E-state index in [1.165, 1.54) is 0 Å². The Balaban J connectivity index is 5.18. The van der Waals surface area contributed by atoms with E-state index in [9.17, 15) is 14.7 Å². The molecule has 16 heavy (non-hydrogen) atoms. The van der Waals surface area contributed by atoms with Gasteiger partial charge in [-0.15, -0.1) is 12.3 Å². The first kappa shape index (κ1) is 14.5. The first-order chi connectivity index (χ1) is 7.43. The predicted octanol–water partition coefficient (Wildman–Crippen LogP) is 1.69. The lowest BCUT2D eigenvalue weighted by atomic mass is 9.73. The lowest BCUT2D eigenvalue weighted by molar-refractivity contribution is -0.173. The highest BCUT2D eigenvalue weighted by atomic mass is 16.5. The molecule has 0 radical (unpaired) electrons. The molecule has 90 valence electrons. The Kier molecular flexibility index (Phi) is 5.59. The largest absolute Gasteiger partial charge is 0.480 e. The molecule has 0 rings (SSSR count). The number of carbonyl (C=O) groups is 2. The first-order valence-corrected chi connectivity index (χ1v) is 5.27. The summed E-state index contributed by atoms with van der Waals surface area (Å²) in [5.41, 5.74) is -1.53. The average molecular weight is 226 g/mol. The third-order valence-corrected chi connectivity index (χ3v) is 2.67. The summed E-state index contributed by atoms with van der Waals surface area (Å²) in [5, 5.41) is 9.25. The van der Waals surface area contributed by atoms with Crippen molar-refractivity contribution < 1.29 is 19.4 Å². The Hall–Kier alpha value is -1.50. The van der Waals surface area contributed by atoms with E-state index in [4.69, 9.17) is 11.2 Å². The molecule has 1 unspecified atom stereocenters. The van der Waals surface area contributed by atoms with Crippen LogP contribution in [0.25, 0.3) is 0 Å². The summed E-state index contributed by atoms with van der Waals surface area (Å²) in [4.78, 5) is 23.1. The van der Waals surface area contributed by atoms with Gasteiger partial charge in [0.2, 0.25) is 0 Å². The van der Waals surface area contributed by atoms with Crippen LogP contribution in [0, 0.1) is 23.7 Å². The highest BCUT2D eigenvalue weighted by Crippen LogP contribution is 2.34. The molecule has 0 aliphatic heterocycles. The molecular formula is C12H18O4. The van der Waals surface area contributed by atoms with E-state index in [2.05, 4.69) is 5.92 Å². The molecule has 0 heterocycles. The molecule has 0 saturated carbocycles. The maximum Gasteiger partial charge on any atom is 0.323 e. The van der Waals surface area contributed by atoms with Gasteiger partial charge in [0.25, 0.3) is 0 Å². The zero-order valence-electron chi connectivity index (χ0n) is 9.95. The fourth-order valence-electron chi connectivity index (χ4n) is 1.60. The molecule has 4 heteroatoms. The number of terminal acetylenes is 1. The Bertz CT molecular complexity index is 301. The fourth-order valence-corrected chi connectivity index (χ4v) is 1.60. The summed E-state index contributed by atoms with van der Waals surface area (Å²) in [7, 11) is 0. The predicted molar refractivity (Wildman–Crippen MR) is 59.6 cm³/mol. The van der Waals surface area contributed by atoms with Gasteiger partial charge in [0.1, 0.15) is 0 Å². The van der Waals surface area contributed by atoms with Crippen molar-refractivity contribution in [2.45, 2.75) is 33.6 Å². The van der Waals surface area contributed by atoms with Crippen LogP contribution in [0.15, 0.2) is 0 Å². The lowest BCUT2D eigenvalue weighted by Crippen LogP contribution is -2.45. The number of carbonyl (C=O) groups excluding carboxylic acids is 1. The maximum absolute atomic E-state index is 11.8. The van der Waals surface area contributed by atoms with E-state index in [1.54, 1.807) is 20.8 Å². The molecule has 0 fully saturated rings. The smallest absolute Gasteiger partial charge is 0.323 e. The second-order valence-electron chi connectivity index (χ2n) is 3.86. The number of carboxylic acid groups (broad SMARTS) is 1. The van der Waals surface area contributed by atoms with Crippen LogP contribution in [0.3, 0.4) is 0 Å². The van der Waals surface area contributed by atoms with E-state index in [1.807, 2.05) is 0 Å². The number of esters is 1. The molecule has 0 aliphatic carbocycles. The van der Waals surface area contributed by atoms with Crippen molar-refractivity contribution in [2.75, 3.05) is 6.61 Å². The summed E-state index contributed by atoms with van der Waals surface area (Å²) in [6, 6.07) is 0. The number of aliphatic carboxylic acids is 1. The maximum atomic E-state index is 11.8. The van der Waals surface area contributed by atoms with Crippen molar-refractivity contribution in [2.24, 2.45) is 11.3 Å². The fraction of sp³-hybridized carbons (Fsp3) is 0.667. The molecule has 1 N–H and O–H groups in total. The van der Waals surface area contributed by atoms with Crippen LogP contribution in [-0.4, -0.2) is 23.7 Å². The molecular weight excluding hydrogens is 208 g/mol. The van der Waals surface area contributed by atoms with Crippen molar-refractivity contribution in [1.29, 1.82) is 0 Å². The van der Waals surface area contributed by atoms with Gasteiger partial charge in [-0.1, -0.05) is 13.8 Å². The minimum Gasteiger partial charge on any atom is -0.480 e. The van der Waals surface area contributed by atoms with Crippen LogP contribution in [-0.2, 0) is 14.3 Å². The van der Waals surface area contributed by atoms with Crippen molar-refractivity contribution in [3.8, 4) is 12.3 Å². The van der Waals surface area contributed by atoms with Crippen LogP contribution in [0.2, 0.25) is 0 Å². The summed E-state index contributed by atoms with van der Waals surface area (Å²) >= 11 is 0. The number of rotatable bonds is 6. The molecule has 0 saturated heterocycles. The standard InChI is InChI=1S/C12H18O4/c1-5-7-8-12(9(3)4,10(13)14)11(15)16-6-2/h1,9H,6-8H2,2-4H3,(H,13,14). The topological polar surface area (TPSA) is 63.6 Å². The number of hydrogen-bond donors (Lipinski definition) is 1. The highest BCUT2D eigenvalue weighted by Gasteiger charge is 2.49. The van der Waals surface area contributed by atoms with E-state index in [-0.39, 0.29) is 25.4 Å². The van der Waals surface area contributed by atoms with Crippen molar-refractivity contribution >= 4 is 11.9 Å². The van der Waals surface area contributed by atoms with Gasteiger partial charge in [0.15, 0.2) is 5.41 Å². The normalized spacial score (nSPS) is 13.9. The van der Waals surface area contributed by atoms with Gasteiger partial charge in [0, 0.05) is 6.42 Å². The van der Waals surface area contributed by atoms with Crippen LogP contribution >= 0.6 is 0 Å². The Morgan fingerprint density at radius 1 is 1.50 bits per heavy atom. The third kappa shape index (κ3) is 2.75. The molecule has 1 atom stereocenters. The van der Waals surface area contributed by atoms with E-state index >= 15 is 0 Å². The van der Waals surface area contributed by atoms with Crippen LogP contribution < -0.4 is 0 Å². The first-order valence-electron chi connectivity index (χ1n) is 5.27. The van der Waals surface area contributed by atoms with Gasteiger partial charge < -0.3 is 9.84 Å². The highest BCUT2D eigenvalue weighted by molar-refractivity contribution is 5.99. The SMILES string of the molecule is C#CCCC(C(=O)O)(C(=O)OCC)C(C)C. The third-order valence-electron chi connectivity index (χ3n) is 2.67. The van der Waals surface area contributed by atoms with Crippen molar-refractivity contribution in [3.63, 3.8) is 0 Å². The van der Waals surface area contributed by atoms with Gasteiger partial charge >= 0.3 is 11.9 Å². The van der Waals surface area contributed by atoms with E-state index < -0.39 is 17.4 Å². The molecule has 4 nitrogen and oxygen atoms in total. The molecule has 0 aromatic rings. The summed E-state index contributed by atoms with van der Waals surface area (Å²) in [5.74, 6) is 0.124. The van der Waals surface area contributed by atoms with Crippen molar-refractivity contribution in [3.05, 3.63) is 0 Å². The minimum atomic E-state index is -1.53. The van der Waals surface area contributed by atoms with Gasteiger partial charge in [-0.05, 0) is 19.3 Å². The van der Waals surface area contributed by atoms with E-state index in [0.717, 1.165) is 0 Å². The van der Waals surface area contributed by atoms with Crippen LogP contribution in [0.1, 0.15) is 33.6 Å². The van der Waals surface area contributed by atoms with Crippen molar-refractivity contribution in [1.82, 2.24) is 0 Å². The van der Waals surface area contributed by atoms with Gasteiger partial charge in [-0.2, -0.15) is 0 Å². The molecule has 0 bridgehead atoms. The molecule has 0 amide bonds. The van der Waals surface area contributed by atoms with Gasteiger partial charge in [0.05, 0.1) is 6.61 Å². The monoisotopic (exact) mass is 226 g/mol. The Morgan fingerprint density at radius 2 is 2.06 bits per heavy atom. The van der Waals surface area contributed by atoms with E-state index in [0.29, 0.717) is 0 Å². The number of hydrogen-bond acceptors (Lipinski definition) is 3. The summed E-state index contributed by atoms with van der Waals surface area (Å²) in [6.45, 7) is 5.17. The second kappa shape index (κ2) is 6.16. The molecule has 0 spiro atoms. The Morgan fingerprint density at radius 3 is 2.38 bits per heavy atom. The quantitative estimate of drug-likeness (QED) is 0.425. The summed E-state index contributed by atoms with van der Waals surface area (Å²) in [6.07, 6.45) is 5.46. The van der Waals surface area contributed by atoms with Gasteiger partial charge in [-0.25, -0.2) is 0 Å². The van der Waals surface area contributed by atoms with Crippen LogP contribution in [0.5, 0.6) is 0 Å². The van der Waals surface area contributed by atoms with Crippen LogP contribution in [0.4, 0.5) is 0 Å². The lowest BCUT2D eigenvalue weighted by Gasteiger charge is -2.30. The minimum absolute atomic E-state index is 0.106. The summed E-state index contributed by atoms with van der Waals surface area (Å²) < 4.78 is 4.84. The zero-order chi connectivity index (χ0) is 12.8. The molecule has 0 aromatic carbocycles.